The fourth-order valence-electron chi connectivity index (χ4n) is 3.45. The summed E-state index contributed by atoms with van der Waals surface area (Å²) in [6.45, 7) is 4.66. The zero-order chi connectivity index (χ0) is 23.4. The lowest BCUT2D eigenvalue weighted by Gasteiger charge is -2.16. The fourth-order valence-corrected chi connectivity index (χ4v) is 4.28. The third-order valence-electron chi connectivity index (χ3n) is 5.07. The molecule has 0 saturated carbocycles. The van der Waals surface area contributed by atoms with Crippen LogP contribution in [0.1, 0.15) is 24.5 Å². The lowest BCUT2D eigenvalue weighted by Crippen LogP contribution is -2.16. The van der Waals surface area contributed by atoms with Gasteiger partial charge in [0.2, 0.25) is 5.16 Å². The van der Waals surface area contributed by atoms with Crippen molar-refractivity contribution in [1.29, 1.82) is 0 Å². The van der Waals surface area contributed by atoms with Gasteiger partial charge >= 0.3 is 0 Å². The highest BCUT2D eigenvalue weighted by molar-refractivity contribution is 7.99. The van der Waals surface area contributed by atoms with Gasteiger partial charge in [-0.3, -0.25) is 0 Å². The second-order valence-electron chi connectivity index (χ2n) is 7.54. The minimum absolute atomic E-state index is 0. The maximum atomic E-state index is 6.20. The molecule has 7 nitrogen and oxygen atoms in total. The zero-order valence-electron chi connectivity index (χ0n) is 19.7. The number of tetrazole rings is 1. The van der Waals surface area contributed by atoms with E-state index in [0.717, 1.165) is 52.2 Å². The molecule has 0 radical (unpaired) electrons. The van der Waals surface area contributed by atoms with E-state index in [1.165, 1.54) is 0 Å². The molecule has 1 aromatic heterocycles. The molecule has 0 atom stereocenters. The second kappa shape index (κ2) is 14.4. The molecule has 0 fully saturated rings. The molecular formula is C26H30ClN5O2S. The Morgan fingerprint density at radius 1 is 0.914 bits per heavy atom. The van der Waals surface area contributed by atoms with Gasteiger partial charge in [0.1, 0.15) is 6.61 Å². The van der Waals surface area contributed by atoms with E-state index in [-0.39, 0.29) is 12.4 Å². The van der Waals surface area contributed by atoms with Crippen LogP contribution in [0.2, 0.25) is 0 Å². The highest BCUT2D eigenvalue weighted by Gasteiger charge is 2.12. The number of hydrogen-bond acceptors (Lipinski definition) is 7. The molecule has 0 aliphatic heterocycles. The van der Waals surface area contributed by atoms with Gasteiger partial charge in [-0.1, -0.05) is 72.4 Å². The monoisotopic (exact) mass is 511 g/mol. The number of aromatic nitrogens is 4. The molecule has 0 spiro atoms. The van der Waals surface area contributed by atoms with Crippen molar-refractivity contribution in [2.75, 3.05) is 18.9 Å². The first kappa shape index (κ1) is 26.5. The molecule has 3 aromatic carbocycles. The van der Waals surface area contributed by atoms with E-state index in [4.69, 9.17) is 9.47 Å². The van der Waals surface area contributed by atoms with Crippen LogP contribution < -0.4 is 14.8 Å². The summed E-state index contributed by atoms with van der Waals surface area (Å²) in [5, 5.41) is 16.4. The van der Waals surface area contributed by atoms with Gasteiger partial charge in [-0.2, -0.15) is 4.68 Å². The number of hydrogen-bond donors (Lipinski definition) is 1. The van der Waals surface area contributed by atoms with Crippen molar-refractivity contribution in [2.24, 2.45) is 0 Å². The number of nitrogens with zero attached hydrogens (tertiary/aromatic N) is 4. The Morgan fingerprint density at radius 2 is 1.69 bits per heavy atom. The number of halogens is 1. The van der Waals surface area contributed by atoms with Crippen LogP contribution in [0.15, 0.2) is 84.0 Å². The third kappa shape index (κ3) is 7.71. The molecule has 9 heteroatoms. The molecule has 4 rings (SSSR count). The van der Waals surface area contributed by atoms with E-state index in [2.05, 4.69) is 39.0 Å². The predicted octanol–water partition coefficient (Wildman–Crippen LogP) is 5.33. The second-order valence-corrected chi connectivity index (χ2v) is 8.60. The standard InChI is InChI=1S/C26H29N5O2S.ClH/c1-2-32-24-16-9-13-22(25(24)33-20-21-11-5-3-6-12-21)19-27-17-10-18-34-26-28-29-30-31(26)23-14-7-4-8-15-23;/h3-9,11-16,27H,2,10,17-20H2,1H3;1H. The van der Waals surface area contributed by atoms with Crippen molar-refractivity contribution < 1.29 is 9.47 Å². The molecule has 0 saturated heterocycles. The largest absolute Gasteiger partial charge is 0.490 e. The van der Waals surface area contributed by atoms with Gasteiger partial charge in [0, 0.05) is 17.9 Å². The first-order valence-corrected chi connectivity index (χ1v) is 12.4. The quantitative estimate of drug-likeness (QED) is 0.192. The maximum Gasteiger partial charge on any atom is 0.214 e. The van der Waals surface area contributed by atoms with Gasteiger partial charge in [0.15, 0.2) is 11.5 Å². The summed E-state index contributed by atoms with van der Waals surface area (Å²) in [7, 11) is 0. The van der Waals surface area contributed by atoms with Gasteiger partial charge in [0.25, 0.3) is 0 Å². The molecule has 0 bridgehead atoms. The Hall–Kier alpha value is -3.07. The summed E-state index contributed by atoms with van der Waals surface area (Å²) in [5.74, 6) is 2.49. The zero-order valence-corrected chi connectivity index (χ0v) is 21.3. The lowest BCUT2D eigenvalue weighted by molar-refractivity contribution is 0.266. The minimum atomic E-state index is 0. The van der Waals surface area contributed by atoms with Crippen LogP contribution in [0, 0.1) is 0 Å². The van der Waals surface area contributed by atoms with Crippen LogP contribution in [0.3, 0.4) is 0 Å². The smallest absolute Gasteiger partial charge is 0.214 e. The molecule has 0 amide bonds. The molecule has 4 aromatic rings. The van der Waals surface area contributed by atoms with Crippen molar-refractivity contribution in [1.82, 2.24) is 25.5 Å². The van der Waals surface area contributed by atoms with Crippen LogP contribution in [0.25, 0.3) is 5.69 Å². The number of para-hydroxylation sites is 2. The van der Waals surface area contributed by atoms with Crippen molar-refractivity contribution in [2.45, 2.75) is 31.7 Å². The third-order valence-corrected chi connectivity index (χ3v) is 6.08. The molecule has 1 N–H and O–H groups in total. The van der Waals surface area contributed by atoms with Crippen molar-refractivity contribution >= 4 is 24.2 Å². The number of benzene rings is 3. The summed E-state index contributed by atoms with van der Waals surface area (Å²) in [6.07, 6.45) is 0.984. The van der Waals surface area contributed by atoms with E-state index < -0.39 is 0 Å². The molecule has 0 unspecified atom stereocenters. The Labute approximate surface area is 216 Å². The predicted molar refractivity (Wildman–Crippen MR) is 142 cm³/mol. The van der Waals surface area contributed by atoms with E-state index in [9.17, 15) is 0 Å². The molecule has 184 valence electrons. The maximum absolute atomic E-state index is 6.20. The van der Waals surface area contributed by atoms with E-state index in [1.54, 1.807) is 16.4 Å². The van der Waals surface area contributed by atoms with Crippen LogP contribution in [-0.2, 0) is 13.2 Å². The number of nitrogens with one attached hydrogen (secondary N) is 1. The normalized spacial score (nSPS) is 10.5. The van der Waals surface area contributed by atoms with E-state index in [1.807, 2.05) is 67.6 Å². The van der Waals surface area contributed by atoms with Gasteiger partial charge in [-0.15, -0.1) is 17.5 Å². The van der Waals surface area contributed by atoms with Crippen LogP contribution in [-0.4, -0.2) is 39.1 Å². The summed E-state index contributed by atoms with van der Waals surface area (Å²) < 4.78 is 13.8. The number of thioether (sulfide) groups is 1. The Bertz CT molecular complexity index is 1140. The molecule has 1 heterocycles. The van der Waals surface area contributed by atoms with Crippen LogP contribution in [0.5, 0.6) is 11.5 Å². The van der Waals surface area contributed by atoms with Gasteiger partial charge in [-0.05, 0) is 54.1 Å². The van der Waals surface area contributed by atoms with Gasteiger partial charge < -0.3 is 14.8 Å². The summed E-state index contributed by atoms with van der Waals surface area (Å²) in [6, 6.07) is 26.2. The highest BCUT2D eigenvalue weighted by Crippen LogP contribution is 2.32. The lowest BCUT2D eigenvalue weighted by atomic mass is 10.1. The van der Waals surface area contributed by atoms with Crippen LogP contribution >= 0.6 is 24.2 Å². The Balaban J connectivity index is 0.00000342. The molecule has 35 heavy (non-hydrogen) atoms. The Morgan fingerprint density at radius 3 is 2.46 bits per heavy atom. The van der Waals surface area contributed by atoms with Crippen LogP contribution in [0.4, 0.5) is 0 Å². The SMILES string of the molecule is CCOc1cccc(CNCCCSc2nnnn2-c2ccccc2)c1OCc1ccccc1.Cl. The van der Waals surface area contributed by atoms with Gasteiger partial charge in [-0.25, -0.2) is 0 Å². The van der Waals surface area contributed by atoms with Crippen molar-refractivity contribution in [3.8, 4) is 17.2 Å². The first-order valence-electron chi connectivity index (χ1n) is 11.4. The van der Waals surface area contributed by atoms with E-state index >= 15 is 0 Å². The number of rotatable bonds is 13. The fraction of sp³-hybridized carbons (Fsp3) is 0.269. The summed E-state index contributed by atoms with van der Waals surface area (Å²) in [5.41, 5.74) is 3.18. The molecule has 0 aliphatic rings. The summed E-state index contributed by atoms with van der Waals surface area (Å²) in [4.78, 5) is 0. The summed E-state index contributed by atoms with van der Waals surface area (Å²) >= 11 is 1.65. The van der Waals surface area contributed by atoms with Gasteiger partial charge in [0.05, 0.1) is 12.3 Å². The number of ether oxygens (including phenoxy) is 2. The topological polar surface area (TPSA) is 74.1 Å². The molecular weight excluding hydrogens is 482 g/mol. The molecule has 0 aliphatic carbocycles. The average Bonchev–Trinajstić information content (AvgIpc) is 3.35. The highest BCUT2D eigenvalue weighted by atomic mass is 35.5. The Kier molecular flexibility index (Phi) is 10.9. The average molecular weight is 512 g/mol. The van der Waals surface area contributed by atoms with Crippen molar-refractivity contribution in [3.05, 3.63) is 90.0 Å². The minimum Gasteiger partial charge on any atom is -0.490 e. The first-order chi connectivity index (χ1) is 16.8. The van der Waals surface area contributed by atoms with E-state index in [0.29, 0.717) is 19.8 Å². The van der Waals surface area contributed by atoms with Crippen molar-refractivity contribution in [3.63, 3.8) is 0 Å².